The molecule has 0 bridgehead atoms. The summed E-state index contributed by atoms with van der Waals surface area (Å²) in [5.41, 5.74) is 0.836. The maximum Gasteiger partial charge on any atom is 0.292 e. The molecule has 1 heterocycles. The number of carbonyl (C=O) groups is 2. The van der Waals surface area contributed by atoms with Crippen LogP contribution in [-0.4, -0.2) is 16.6 Å². The van der Waals surface area contributed by atoms with Crippen LogP contribution in [0, 0.1) is 10.1 Å². The molecular weight excluding hydrogens is 200 g/mol. The molecule has 0 aromatic heterocycles. The first kappa shape index (κ1) is 9.32. The van der Waals surface area contributed by atoms with Gasteiger partial charge in [0.25, 0.3) is 11.6 Å². The van der Waals surface area contributed by atoms with Gasteiger partial charge < -0.3 is 5.32 Å². The van der Waals surface area contributed by atoms with Gasteiger partial charge in [-0.15, -0.1) is 0 Å². The van der Waals surface area contributed by atoms with E-state index in [4.69, 9.17) is 0 Å². The Morgan fingerprint density at radius 1 is 1.33 bits per heavy atom. The van der Waals surface area contributed by atoms with Crippen molar-refractivity contribution in [1.82, 2.24) is 0 Å². The highest BCUT2D eigenvalue weighted by Gasteiger charge is 2.24. The number of nitrogens with one attached hydrogen (secondary N) is 1. The van der Waals surface area contributed by atoms with Gasteiger partial charge in [-0.05, 0) is 11.6 Å². The van der Waals surface area contributed by atoms with E-state index in [0.29, 0.717) is 11.3 Å². The summed E-state index contributed by atoms with van der Waals surface area (Å²) in [4.78, 5) is 31.9. The average molecular weight is 206 g/mol. The molecule has 76 valence electrons. The first-order valence-electron chi connectivity index (χ1n) is 4.19. The number of carbonyl (C=O) groups excluding carboxylic acids is 2. The van der Waals surface area contributed by atoms with Gasteiger partial charge in [0.2, 0.25) is 5.78 Å². The number of ketones is 1. The lowest BCUT2D eigenvalue weighted by molar-refractivity contribution is -0.384. The van der Waals surface area contributed by atoms with Gasteiger partial charge >= 0.3 is 0 Å². The molecule has 6 nitrogen and oxygen atoms in total. The number of rotatable bonds is 1. The number of hydrogen-bond acceptors (Lipinski definition) is 4. The molecule has 0 spiro atoms. The summed E-state index contributed by atoms with van der Waals surface area (Å²) in [6.07, 6.45) is -0.000832. The van der Waals surface area contributed by atoms with E-state index < -0.39 is 16.6 Å². The number of Topliss-reactive ketones (excluding diaryl/α,β-unsaturated/α-hetero) is 1. The van der Waals surface area contributed by atoms with Crippen LogP contribution in [0.1, 0.15) is 5.56 Å². The highest BCUT2D eigenvalue weighted by Crippen LogP contribution is 2.25. The molecule has 0 aliphatic carbocycles. The lowest BCUT2D eigenvalue weighted by Crippen LogP contribution is -2.29. The Morgan fingerprint density at radius 3 is 2.73 bits per heavy atom. The molecule has 0 saturated carbocycles. The maximum atomic E-state index is 11.0. The zero-order chi connectivity index (χ0) is 11.0. The minimum atomic E-state index is -0.719. The second-order valence-corrected chi connectivity index (χ2v) is 3.15. The Bertz CT molecular complexity index is 481. The van der Waals surface area contributed by atoms with Crippen molar-refractivity contribution in [2.45, 2.75) is 6.42 Å². The third-order valence-electron chi connectivity index (χ3n) is 2.16. The van der Waals surface area contributed by atoms with Crippen LogP contribution in [-0.2, 0) is 16.0 Å². The number of nitro groups is 1. The molecule has 1 aromatic rings. The van der Waals surface area contributed by atoms with Crippen LogP contribution >= 0.6 is 0 Å². The zero-order valence-electron chi connectivity index (χ0n) is 7.52. The van der Waals surface area contributed by atoms with E-state index in [1.807, 2.05) is 0 Å². The molecule has 1 N–H and O–H groups in total. The molecule has 6 heteroatoms. The molecule has 0 fully saturated rings. The van der Waals surface area contributed by atoms with Crippen molar-refractivity contribution in [3.63, 3.8) is 0 Å². The van der Waals surface area contributed by atoms with Crippen molar-refractivity contribution in [2.24, 2.45) is 0 Å². The summed E-state index contributed by atoms with van der Waals surface area (Å²) in [7, 11) is 0. The first-order chi connectivity index (χ1) is 7.08. The van der Waals surface area contributed by atoms with E-state index in [1.165, 1.54) is 18.2 Å². The summed E-state index contributed by atoms with van der Waals surface area (Å²) in [5, 5.41) is 12.8. The molecule has 1 amide bonds. The molecule has 1 aliphatic heterocycles. The van der Waals surface area contributed by atoms with Crippen LogP contribution in [0.4, 0.5) is 11.4 Å². The SMILES string of the molecule is O=C1Cc2ccc([N+](=O)[O-])cc2NC1=O. The zero-order valence-corrected chi connectivity index (χ0v) is 7.52. The molecule has 15 heavy (non-hydrogen) atoms. The van der Waals surface area contributed by atoms with Crippen molar-refractivity contribution >= 4 is 23.1 Å². The number of hydrogen-bond donors (Lipinski definition) is 1. The molecule has 1 aromatic carbocycles. The second kappa shape index (κ2) is 3.16. The summed E-state index contributed by atoms with van der Waals surface area (Å²) in [5.74, 6) is -1.25. The third-order valence-corrected chi connectivity index (χ3v) is 2.16. The topological polar surface area (TPSA) is 89.3 Å². The summed E-state index contributed by atoms with van der Waals surface area (Å²) >= 11 is 0. The van der Waals surface area contributed by atoms with Crippen LogP contribution in [0.25, 0.3) is 0 Å². The van der Waals surface area contributed by atoms with Crippen LogP contribution in [0.5, 0.6) is 0 Å². The van der Waals surface area contributed by atoms with Crippen LogP contribution in [0.15, 0.2) is 18.2 Å². The fourth-order valence-corrected chi connectivity index (χ4v) is 1.39. The van der Waals surface area contributed by atoms with Gasteiger partial charge in [-0.25, -0.2) is 0 Å². The minimum absolute atomic E-state index is 0.000832. The fraction of sp³-hybridized carbons (Fsp3) is 0.111. The second-order valence-electron chi connectivity index (χ2n) is 3.15. The predicted octanol–water partition coefficient (Wildman–Crippen LogP) is 0.658. The highest BCUT2D eigenvalue weighted by molar-refractivity contribution is 6.42. The van der Waals surface area contributed by atoms with Gasteiger partial charge in [0.05, 0.1) is 10.6 Å². The Labute approximate surface area is 84.0 Å². The average Bonchev–Trinajstić information content (AvgIpc) is 2.19. The third kappa shape index (κ3) is 1.56. The van der Waals surface area contributed by atoms with Gasteiger partial charge in [0, 0.05) is 18.6 Å². The normalized spacial score (nSPS) is 14.4. The summed E-state index contributed by atoms with van der Waals surface area (Å²) in [6, 6.07) is 4.04. The van der Waals surface area contributed by atoms with E-state index in [1.54, 1.807) is 0 Å². The first-order valence-corrected chi connectivity index (χ1v) is 4.19. The van der Waals surface area contributed by atoms with E-state index in [0.717, 1.165) is 0 Å². The van der Waals surface area contributed by atoms with Crippen molar-refractivity contribution in [2.75, 3.05) is 5.32 Å². The van der Waals surface area contributed by atoms with Gasteiger partial charge in [0.15, 0.2) is 0 Å². The maximum absolute atomic E-state index is 11.0. The molecule has 0 saturated heterocycles. The molecular formula is C9H6N2O4. The number of non-ortho nitro benzene ring substituents is 1. The number of benzene rings is 1. The minimum Gasteiger partial charge on any atom is -0.319 e. The van der Waals surface area contributed by atoms with Gasteiger partial charge in [0.1, 0.15) is 0 Å². The smallest absolute Gasteiger partial charge is 0.292 e. The van der Waals surface area contributed by atoms with Crippen LogP contribution < -0.4 is 5.32 Å². The van der Waals surface area contributed by atoms with Crippen molar-refractivity contribution in [3.05, 3.63) is 33.9 Å². The summed E-state index contributed by atoms with van der Waals surface area (Å²) < 4.78 is 0. The number of anilines is 1. The van der Waals surface area contributed by atoms with E-state index >= 15 is 0 Å². The predicted molar refractivity (Wildman–Crippen MR) is 50.4 cm³/mol. The van der Waals surface area contributed by atoms with Crippen LogP contribution in [0.3, 0.4) is 0 Å². The lowest BCUT2D eigenvalue weighted by atomic mass is 10.0. The van der Waals surface area contributed by atoms with Gasteiger partial charge in [-0.1, -0.05) is 0 Å². The number of nitro benzene ring substituents is 1. The standard InChI is InChI=1S/C9H6N2O4/c12-8-3-5-1-2-6(11(14)15)4-7(5)10-9(8)13/h1-2,4H,3H2,(H,10,13). The van der Waals surface area contributed by atoms with E-state index in [-0.39, 0.29) is 12.1 Å². The van der Waals surface area contributed by atoms with Crippen molar-refractivity contribution < 1.29 is 14.5 Å². The molecule has 0 radical (unpaired) electrons. The lowest BCUT2D eigenvalue weighted by Gasteiger charge is -2.14. The summed E-state index contributed by atoms with van der Waals surface area (Å²) in [6.45, 7) is 0. The Kier molecular flexibility index (Phi) is 1.96. The van der Waals surface area contributed by atoms with Gasteiger partial charge in [-0.3, -0.25) is 19.7 Å². The Hall–Kier alpha value is -2.24. The molecule has 0 atom stereocenters. The number of amides is 1. The Morgan fingerprint density at radius 2 is 2.07 bits per heavy atom. The fourth-order valence-electron chi connectivity index (χ4n) is 1.39. The molecule has 1 aliphatic rings. The largest absolute Gasteiger partial charge is 0.319 e. The molecule has 0 unspecified atom stereocenters. The van der Waals surface area contributed by atoms with Crippen molar-refractivity contribution in [1.29, 1.82) is 0 Å². The Balaban J connectivity index is 2.46. The highest BCUT2D eigenvalue weighted by atomic mass is 16.6. The van der Waals surface area contributed by atoms with Crippen LogP contribution in [0.2, 0.25) is 0 Å². The van der Waals surface area contributed by atoms with E-state index in [2.05, 4.69) is 5.32 Å². The van der Waals surface area contributed by atoms with Gasteiger partial charge in [-0.2, -0.15) is 0 Å². The quantitative estimate of drug-likeness (QED) is 0.415. The van der Waals surface area contributed by atoms with Crippen molar-refractivity contribution in [3.8, 4) is 0 Å². The number of nitrogens with zero attached hydrogens (tertiary/aromatic N) is 1. The monoisotopic (exact) mass is 206 g/mol. The van der Waals surface area contributed by atoms with E-state index in [9.17, 15) is 19.7 Å². The number of fused-ring (bicyclic) bond motifs is 1. The molecule has 2 rings (SSSR count).